The lowest BCUT2D eigenvalue weighted by Gasteiger charge is -2.28. The largest absolute Gasteiger partial charge is 0.461 e. The van der Waals surface area contributed by atoms with Crippen LogP contribution < -0.4 is 0 Å². The molecule has 3 heteroatoms. The third kappa shape index (κ3) is 1.49. The van der Waals surface area contributed by atoms with Gasteiger partial charge in [0.15, 0.2) is 5.78 Å². The van der Waals surface area contributed by atoms with Crippen molar-refractivity contribution in [3.63, 3.8) is 0 Å². The van der Waals surface area contributed by atoms with Crippen molar-refractivity contribution in [3.8, 4) is 0 Å². The summed E-state index contributed by atoms with van der Waals surface area (Å²) >= 11 is 0. The van der Waals surface area contributed by atoms with Crippen LogP contribution in [0.3, 0.4) is 0 Å². The molecule has 1 saturated heterocycles. The summed E-state index contributed by atoms with van der Waals surface area (Å²) in [6.45, 7) is 6.14. The first kappa shape index (κ1) is 11.9. The highest BCUT2D eigenvalue weighted by molar-refractivity contribution is 5.96. The molecular formula is C15H20O3. The van der Waals surface area contributed by atoms with Crippen LogP contribution in [0.15, 0.2) is 11.6 Å². The summed E-state index contributed by atoms with van der Waals surface area (Å²) in [4.78, 5) is 23.9. The minimum atomic E-state index is -0.0783. The number of carbonyl (C=O) groups excluding carboxylic acids is 2. The van der Waals surface area contributed by atoms with Crippen molar-refractivity contribution in [2.24, 2.45) is 29.6 Å². The second-order valence-electron chi connectivity index (χ2n) is 6.25. The number of allylic oxidation sites excluding steroid dienone is 1. The Morgan fingerprint density at radius 3 is 2.61 bits per heavy atom. The summed E-state index contributed by atoms with van der Waals surface area (Å²) in [7, 11) is 0. The molecule has 0 aromatic carbocycles. The van der Waals surface area contributed by atoms with Gasteiger partial charge in [-0.3, -0.25) is 9.59 Å². The molecule has 0 bridgehead atoms. The highest BCUT2D eigenvalue weighted by atomic mass is 16.6. The average Bonchev–Trinajstić information content (AvgIpc) is 2.68. The van der Waals surface area contributed by atoms with E-state index in [-0.39, 0.29) is 35.6 Å². The Morgan fingerprint density at radius 2 is 1.89 bits per heavy atom. The molecule has 98 valence electrons. The molecule has 0 aromatic heterocycles. The Morgan fingerprint density at radius 1 is 1.17 bits per heavy atom. The number of esters is 1. The molecule has 0 aromatic rings. The number of fused-ring (bicyclic) bond motifs is 3. The van der Waals surface area contributed by atoms with E-state index in [1.807, 2.05) is 13.8 Å². The van der Waals surface area contributed by atoms with Gasteiger partial charge in [-0.2, -0.15) is 0 Å². The lowest BCUT2D eigenvalue weighted by molar-refractivity contribution is -0.146. The molecule has 0 spiro atoms. The zero-order chi connectivity index (χ0) is 13.0. The van der Waals surface area contributed by atoms with Gasteiger partial charge in [0.2, 0.25) is 0 Å². The van der Waals surface area contributed by atoms with E-state index in [0.29, 0.717) is 11.8 Å². The maximum absolute atomic E-state index is 12.1. The number of rotatable bonds is 0. The molecule has 3 nitrogen and oxygen atoms in total. The van der Waals surface area contributed by atoms with E-state index >= 15 is 0 Å². The Hall–Kier alpha value is -1.12. The molecule has 1 heterocycles. The minimum Gasteiger partial charge on any atom is -0.461 e. The van der Waals surface area contributed by atoms with Crippen molar-refractivity contribution >= 4 is 11.8 Å². The molecule has 1 aliphatic heterocycles. The quantitative estimate of drug-likeness (QED) is 0.618. The monoisotopic (exact) mass is 248 g/mol. The topological polar surface area (TPSA) is 43.4 Å². The molecule has 2 fully saturated rings. The van der Waals surface area contributed by atoms with E-state index in [1.54, 1.807) is 6.08 Å². The van der Waals surface area contributed by atoms with Gasteiger partial charge in [-0.05, 0) is 31.8 Å². The van der Waals surface area contributed by atoms with Gasteiger partial charge in [0, 0.05) is 17.8 Å². The van der Waals surface area contributed by atoms with Crippen LogP contribution in [0.5, 0.6) is 0 Å². The van der Waals surface area contributed by atoms with Crippen LogP contribution >= 0.6 is 0 Å². The first-order valence-electron chi connectivity index (χ1n) is 6.93. The van der Waals surface area contributed by atoms with Crippen molar-refractivity contribution in [1.82, 2.24) is 0 Å². The second kappa shape index (κ2) is 3.94. The van der Waals surface area contributed by atoms with Gasteiger partial charge in [-0.1, -0.05) is 19.4 Å². The Balaban J connectivity index is 2.00. The van der Waals surface area contributed by atoms with Crippen LogP contribution in [0, 0.1) is 29.6 Å². The molecule has 3 aliphatic rings. The van der Waals surface area contributed by atoms with Gasteiger partial charge in [0.25, 0.3) is 0 Å². The highest BCUT2D eigenvalue weighted by Crippen LogP contribution is 2.49. The smallest absolute Gasteiger partial charge is 0.309 e. The van der Waals surface area contributed by atoms with Crippen molar-refractivity contribution in [2.45, 2.75) is 39.7 Å². The fourth-order valence-electron chi connectivity index (χ4n) is 4.15. The SMILES string of the molecule is CC1=CC(=O)[C@H]2[C@H]1[C@H]1OC(=O)[C@@H](C)[C@@H]1CC[C@@H]2C. The number of hydrogen-bond donors (Lipinski definition) is 0. The number of carbonyl (C=O) groups is 2. The van der Waals surface area contributed by atoms with Crippen LogP contribution in [-0.2, 0) is 14.3 Å². The van der Waals surface area contributed by atoms with Crippen molar-refractivity contribution < 1.29 is 14.3 Å². The van der Waals surface area contributed by atoms with Gasteiger partial charge in [0.05, 0.1) is 5.92 Å². The predicted octanol–water partition coefficient (Wildman–Crippen LogP) is 2.36. The molecule has 2 aliphatic carbocycles. The maximum Gasteiger partial charge on any atom is 0.309 e. The molecule has 18 heavy (non-hydrogen) atoms. The van der Waals surface area contributed by atoms with E-state index in [1.165, 1.54) is 0 Å². The van der Waals surface area contributed by atoms with E-state index in [2.05, 4.69) is 6.92 Å². The summed E-state index contributed by atoms with van der Waals surface area (Å²) in [6, 6.07) is 0. The van der Waals surface area contributed by atoms with Gasteiger partial charge in [-0.15, -0.1) is 0 Å². The summed E-state index contributed by atoms with van der Waals surface area (Å²) in [5.41, 5.74) is 1.11. The molecule has 1 saturated carbocycles. The van der Waals surface area contributed by atoms with Gasteiger partial charge >= 0.3 is 5.97 Å². The average molecular weight is 248 g/mol. The lowest BCUT2D eigenvalue weighted by Crippen LogP contribution is -2.33. The third-order valence-corrected chi connectivity index (χ3v) is 5.22. The van der Waals surface area contributed by atoms with Crippen LogP contribution in [-0.4, -0.2) is 17.9 Å². The standard InChI is InChI=1S/C15H20O3/c1-7-4-5-10-9(3)15(17)18-14(10)13-8(2)6-11(16)12(7)13/h6-7,9-10,12-14H,4-5H2,1-3H3/t7-,9-,10-,12-,13-,14-/m0/s1. The number of ether oxygens (including phenoxy) is 1. The molecule has 3 rings (SSSR count). The molecule has 0 amide bonds. The normalized spacial score (nSPS) is 47.2. The first-order chi connectivity index (χ1) is 8.50. The lowest BCUT2D eigenvalue weighted by atomic mass is 9.77. The zero-order valence-corrected chi connectivity index (χ0v) is 11.2. The predicted molar refractivity (Wildman–Crippen MR) is 66.7 cm³/mol. The van der Waals surface area contributed by atoms with Gasteiger partial charge in [-0.25, -0.2) is 0 Å². The summed E-state index contributed by atoms with van der Waals surface area (Å²) < 4.78 is 5.61. The van der Waals surface area contributed by atoms with Gasteiger partial charge < -0.3 is 4.74 Å². The third-order valence-electron chi connectivity index (χ3n) is 5.22. The van der Waals surface area contributed by atoms with Crippen molar-refractivity contribution in [2.75, 3.05) is 0 Å². The minimum absolute atomic E-state index is 0.00977. The Bertz CT molecular complexity index is 437. The fraction of sp³-hybridized carbons (Fsp3) is 0.733. The Labute approximate surface area is 108 Å². The molecular weight excluding hydrogens is 228 g/mol. The number of ketones is 1. The van der Waals surface area contributed by atoms with E-state index < -0.39 is 0 Å². The van der Waals surface area contributed by atoms with Crippen LogP contribution in [0.25, 0.3) is 0 Å². The molecule has 0 N–H and O–H groups in total. The van der Waals surface area contributed by atoms with Crippen LogP contribution in [0.2, 0.25) is 0 Å². The van der Waals surface area contributed by atoms with Crippen LogP contribution in [0.4, 0.5) is 0 Å². The molecule has 0 unspecified atom stereocenters. The molecule has 0 radical (unpaired) electrons. The van der Waals surface area contributed by atoms with Crippen molar-refractivity contribution in [3.05, 3.63) is 11.6 Å². The van der Waals surface area contributed by atoms with E-state index in [9.17, 15) is 9.59 Å². The maximum atomic E-state index is 12.1. The Kier molecular flexibility index (Phi) is 2.61. The zero-order valence-electron chi connectivity index (χ0n) is 11.2. The van der Waals surface area contributed by atoms with Crippen molar-refractivity contribution in [1.29, 1.82) is 0 Å². The summed E-state index contributed by atoms with van der Waals surface area (Å²) in [5.74, 6) is 1.01. The van der Waals surface area contributed by atoms with E-state index in [4.69, 9.17) is 4.74 Å². The first-order valence-corrected chi connectivity index (χ1v) is 6.93. The summed E-state index contributed by atoms with van der Waals surface area (Å²) in [6.07, 6.45) is 3.73. The number of hydrogen-bond acceptors (Lipinski definition) is 3. The highest BCUT2D eigenvalue weighted by Gasteiger charge is 2.53. The van der Waals surface area contributed by atoms with E-state index in [0.717, 1.165) is 18.4 Å². The summed E-state index contributed by atoms with van der Waals surface area (Å²) in [5, 5.41) is 0. The van der Waals surface area contributed by atoms with Gasteiger partial charge in [0.1, 0.15) is 6.10 Å². The van der Waals surface area contributed by atoms with Crippen LogP contribution in [0.1, 0.15) is 33.6 Å². The molecule has 6 atom stereocenters. The second-order valence-corrected chi connectivity index (χ2v) is 6.25. The fourth-order valence-corrected chi connectivity index (χ4v) is 4.15.